The van der Waals surface area contributed by atoms with E-state index in [9.17, 15) is 4.79 Å². The number of piperidine rings is 1. The van der Waals surface area contributed by atoms with Gasteiger partial charge in [0.2, 0.25) is 0 Å². The minimum atomic E-state index is 0.484. The zero-order valence-corrected chi connectivity index (χ0v) is 11.7. The maximum atomic E-state index is 11.9. The smallest absolute Gasteiger partial charge is 0.134 e. The Morgan fingerprint density at radius 2 is 2.00 bits per heavy atom. The minimum Gasteiger partial charge on any atom is -0.300 e. The fourth-order valence-electron chi connectivity index (χ4n) is 3.87. The van der Waals surface area contributed by atoms with Crippen LogP contribution in [0, 0.1) is 11.8 Å². The predicted octanol–water partition coefficient (Wildman–Crippen LogP) is 3.27. The quantitative estimate of drug-likeness (QED) is 0.828. The highest BCUT2D eigenvalue weighted by Gasteiger charge is 2.39. The molecule has 3 rings (SSSR count). The Bertz CT molecular complexity index is 442. The van der Waals surface area contributed by atoms with Crippen LogP contribution in [0.5, 0.6) is 0 Å². The van der Waals surface area contributed by atoms with Crippen LogP contribution in [0.1, 0.15) is 38.2 Å². The van der Waals surface area contributed by atoms with Crippen molar-refractivity contribution >= 4 is 5.78 Å². The van der Waals surface area contributed by atoms with Crippen LogP contribution >= 0.6 is 0 Å². The number of fused-ring (bicyclic) bond motifs is 2. The second-order valence-corrected chi connectivity index (χ2v) is 6.18. The molecule has 3 atom stereocenters. The van der Waals surface area contributed by atoms with Crippen LogP contribution < -0.4 is 0 Å². The Kier molecular flexibility index (Phi) is 3.69. The first-order chi connectivity index (χ1) is 9.26. The first kappa shape index (κ1) is 12.9. The number of carbonyl (C=O) groups excluding carboxylic acids is 1. The Morgan fingerprint density at radius 3 is 2.74 bits per heavy atom. The lowest BCUT2D eigenvalue weighted by molar-refractivity contribution is -0.127. The van der Waals surface area contributed by atoms with Crippen LogP contribution in [0.25, 0.3) is 0 Å². The van der Waals surface area contributed by atoms with E-state index in [0.29, 0.717) is 23.7 Å². The molecule has 2 fully saturated rings. The van der Waals surface area contributed by atoms with E-state index in [1.807, 2.05) is 0 Å². The van der Waals surface area contributed by atoms with Gasteiger partial charge in [-0.15, -0.1) is 0 Å². The molecular formula is C17H23NO. The number of rotatable bonds is 3. The van der Waals surface area contributed by atoms with Gasteiger partial charge in [0.1, 0.15) is 5.78 Å². The second-order valence-electron chi connectivity index (χ2n) is 6.18. The van der Waals surface area contributed by atoms with Crippen molar-refractivity contribution in [3.05, 3.63) is 35.9 Å². The summed E-state index contributed by atoms with van der Waals surface area (Å²) in [5, 5.41) is 0. The van der Waals surface area contributed by atoms with Crippen LogP contribution in [-0.4, -0.2) is 23.3 Å². The van der Waals surface area contributed by atoms with Gasteiger partial charge in [-0.3, -0.25) is 9.69 Å². The third kappa shape index (κ3) is 2.74. The number of likely N-dealkylation sites (tertiary alicyclic amines) is 1. The van der Waals surface area contributed by atoms with Crippen molar-refractivity contribution in [3.63, 3.8) is 0 Å². The van der Waals surface area contributed by atoms with Crippen LogP contribution in [-0.2, 0) is 11.3 Å². The molecule has 1 aromatic rings. The molecule has 1 saturated heterocycles. The number of hydrogen-bond acceptors (Lipinski definition) is 2. The first-order valence-corrected chi connectivity index (χ1v) is 7.56. The Labute approximate surface area is 115 Å². The molecule has 0 spiro atoms. The summed E-state index contributed by atoms with van der Waals surface area (Å²) >= 11 is 0. The van der Waals surface area contributed by atoms with Gasteiger partial charge in [-0.05, 0) is 23.8 Å². The Balaban J connectivity index is 1.75. The highest BCUT2D eigenvalue weighted by molar-refractivity contribution is 5.80. The van der Waals surface area contributed by atoms with Gasteiger partial charge in [-0.25, -0.2) is 0 Å². The predicted molar refractivity (Wildman–Crippen MR) is 76.8 cm³/mol. The maximum Gasteiger partial charge on any atom is 0.134 e. The van der Waals surface area contributed by atoms with Gasteiger partial charge in [0.15, 0.2) is 0 Å². The van der Waals surface area contributed by atoms with Gasteiger partial charge in [0, 0.05) is 32.0 Å². The molecule has 1 aromatic carbocycles. The molecule has 2 heteroatoms. The molecule has 2 aliphatic rings. The molecule has 0 N–H and O–H groups in total. The fraction of sp³-hybridized carbons (Fsp3) is 0.588. The molecule has 1 aliphatic heterocycles. The summed E-state index contributed by atoms with van der Waals surface area (Å²) in [4.78, 5) is 14.5. The molecule has 2 nitrogen and oxygen atoms in total. The van der Waals surface area contributed by atoms with Gasteiger partial charge in [-0.2, -0.15) is 0 Å². The van der Waals surface area contributed by atoms with Crippen molar-refractivity contribution in [1.82, 2.24) is 4.90 Å². The average molecular weight is 257 g/mol. The van der Waals surface area contributed by atoms with Crippen molar-refractivity contribution in [3.8, 4) is 0 Å². The molecule has 1 saturated carbocycles. The van der Waals surface area contributed by atoms with Crippen molar-refractivity contribution in [2.24, 2.45) is 11.8 Å². The largest absolute Gasteiger partial charge is 0.300 e. The normalized spacial score (nSPS) is 31.4. The van der Waals surface area contributed by atoms with Gasteiger partial charge in [0.25, 0.3) is 0 Å². The Hall–Kier alpha value is -1.15. The summed E-state index contributed by atoms with van der Waals surface area (Å²) in [6.07, 6.45) is 4.06. The lowest BCUT2D eigenvalue weighted by Crippen LogP contribution is -2.50. The maximum absolute atomic E-state index is 11.9. The summed E-state index contributed by atoms with van der Waals surface area (Å²) in [7, 11) is 0. The van der Waals surface area contributed by atoms with Gasteiger partial charge >= 0.3 is 0 Å². The van der Waals surface area contributed by atoms with Gasteiger partial charge in [-0.1, -0.05) is 43.7 Å². The zero-order chi connectivity index (χ0) is 13.2. The van der Waals surface area contributed by atoms with Crippen LogP contribution in [0.3, 0.4) is 0 Å². The first-order valence-electron chi connectivity index (χ1n) is 7.56. The molecule has 0 aromatic heterocycles. The number of Topliss-reactive ketones (excluding diaryl/α,β-unsaturated/α-hetero) is 1. The van der Waals surface area contributed by atoms with E-state index in [1.165, 1.54) is 24.9 Å². The monoisotopic (exact) mass is 257 g/mol. The molecule has 0 unspecified atom stereocenters. The summed E-state index contributed by atoms with van der Waals surface area (Å²) < 4.78 is 0. The SMILES string of the molecule is CC[C@@H]1CN(Cc2ccccc2)[C@@H]2CC(=O)C[C@H]1C2. The fourth-order valence-corrected chi connectivity index (χ4v) is 3.87. The number of benzene rings is 1. The number of nitrogens with zero attached hydrogens (tertiary/aromatic N) is 1. The van der Waals surface area contributed by atoms with Crippen molar-refractivity contribution in [1.29, 1.82) is 0 Å². The lowest BCUT2D eigenvalue weighted by atomic mass is 9.72. The van der Waals surface area contributed by atoms with Crippen molar-refractivity contribution in [2.75, 3.05) is 6.54 Å². The van der Waals surface area contributed by atoms with Crippen LogP contribution in [0.4, 0.5) is 0 Å². The third-order valence-electron chi connectivity index (χ3n) is 4.93. The highest BCUT2D eigenvalue weighted by atomic mass is 16.1. The summed E-state index contributed by atoms with van der Waals surface area (Å²) in [6.45, 7) is 4.45. The van der Waals surface area contributed by atoms with E-state index >= 15 is 0 Å². The third-order valence-corrected chi connectivity index (χ3v) is 4.93. The second kappa shape index (κ2) is 5.46. The zero-order valence-electron chi connectivity index (χ0n) is 11.7. The lowest BCUT2D eigenvalue weighted by Gasteiger charge is -2.47. The highest BCUT2D eigenvalue weighted by Crippen LogP contribution is 2.38. The molecule has 19 heavy (non-hydrogen) atoms. The number of ketones is 1. The molecule has 1 aliphatic carbocycles. The van der Waals surface area contributed by atoms with E-state index < -0.39 is 0 Å². The van der Waals surface area contributed by atoms with Crippen LogP contribution in [0.2, 0.25) is 0 Å². The number of hydrogen-bond donors (Lipinski definition) is 0. The van der Waals surface area contributed by atoms with E-state index in [4.69, 9.17) is 0 Å². The number of carbonyl (C=O) groups is 1. The van der Waals surface area contributed by atoms with Gasteiger partial charge in [0.05, 0.1) is 0 Å². The molecule has 0 amide bonds. The van der Waals surface area contributed by atoms with Crippen LogP contribution in [0.15, 0.2) is 30.3 Å². The molecule has 102 valence electrons. The average Bonchev–Trinajstić information content (AvgIpc) is 2.43. The summed E-state index contributed by atoms with van der Waals surface area (Å²) in [5.41, 5.74) is 1.37. The molecule has 0 radical (unpaired) electrons. The Morgan fingerprint density at radius 1 is 1.21 bits per heavy atom. The summed E-state index contributed by atoms with van der Waals surface area (Å²) in [6, 6.07) is 11.1. The molecule has 1 heterocycles. The van der Waals surface area contributed by atoms with E-state index in [2.05, 4.69) is 42.2 Å². The standard InChI is InChI=1S/C17H23NO/c1-2-14-12-18(11-13-6-4-3-5-7-13)16-8-15(14)9-17(19)10-16/h3-7,14-16H,2,8-12H2,1H3/t14-,15-,16+/m1/s1. The van der Waals surface area contributed by atoms with E-state index in [-0.39, 0.29) is 0 Å². The minimum absolute atomic E-state index is 0.484. The molecule has 2 bridgehead atoms. The van der Waals surface area contributed by atoms with Gasteiger partial charge < -0.3 is 0 Å². The van der Waals surface area contributed by atoms with E-state index in [1.54, 1.807) is 0 Å². The van der Waals surface area contributed by atoms with Crippen molar-refractivity contribution in [2.45, 2.75) is 45.2 Å². The molecular weight excluding hydrogens is 234 g/mol. The van der Waals surface area contributed by atoms with E-state index in [0.717, 1.165) is 19.4 Å². The summed E-state index contributed by atoms with van der Waals surface area (Å²) in [5.74, 6) is 1.85. The van der Waals surface area contributed by atoms with Crippen molar-refractivity contribution < 1.29 is 4.79 Å². The topological polar surface area (TPSA) is 20.3 Å².